The maximum Gasteiger partial charge on any atom is 0.234 e. The van der Waals surface area contributed by atoms with Crippen LogP contribution in [0.4, 0.5) is 4.39 Å². The van der Waals surface area contributed by atoms with Gasteiger partial charge in [0.1, 0.15) is 5.82 Å². The zero-order valence-electron chi connectivity index (χ0n) is 15.3. The van der Waals surface area contributed by atoms with Gasteiger partial charge in [-0.25, -0.2) is 4.39 Å². The number of ketones is 1. The summed E-state index contributed by atoms with van der Waals surface area (Å²) in [6.07, 6.45) is 0.0418. The van der Waals surface area contributed by atoms with Crippen LogP contribution in [0.3, 0.4) is 0 Å². The lowest BCUT2D eigenvalue weighted by atomic mass is 9.69. The Bertz CT molecular complexity index is 1070. The Kier molecular flexibility index (Phi) is 3.63. The molecule has 1 aliphatic heterocycles. The lowest BCUT2D eigenvalue weighted by molar-refractivity contribution is -0.141. The Morgan fingerprint density at radius 2 is 1.79 bits per heavy atom. The second-order valence-electron chi connectivity index (χ2n) is 7.76. The van der Waals surface area contributed by atoms with Gasteiger partial charge in [-0.1, -0.05) is 36.4 Å². The Labute approximate surface area is 161 Å². The lowest BCUT2D eigenvalue weighted by Crippen LogP contribution is -2.34. The number of Topliss-reactive ketones (excluding diaryl/α,β-unsaturated/α-hetero) is 1. The molecule has 0 spiro atoms. The van der Waals surface area contributed by atoms with Crippen molar-refractivity contribution in [1.82, 2.24) is 4.90 Å². The van der Waals surface area contributed by atoms with E-state index in [9.17, 15) is 18.8 Å². The summed E-state index contributed by atoms with van der Waals surface area (Å²) in [5.74, 6) is -2.91. The number of allylic oxidation sites excluding steroid dienone is 2. The van der Waals surface area contributed by atoms with Crippen molar-refractivity contribution in [3.63, 3.8) is 0 Å². The van der Waals surface area contributed by atoms with Crippen LogP contribution in [0, 0.1) is 17.7 Å². The van der Waals surface area contributed by atoms with Crippen molar-refractivity contribution in [3.05, 3.63) is 76.6 Å². The van der Waals surface area contributed by atoms with Crippen molar-refractivity contribution in [3.8, 4) is 0 Å². The van der Waals surface area contributed by atoms with Gasteiger partial charge in [0.2, 0.25) is 11.8 Å². The SMILES string of the molecule is CC1=C2C(=O)C[C@H]3C(=O)N(Cc4ccccc4)C(=O)[C@H]3[C@H]2c2cc(F)ccc21. The minimum atomic E-state index is -0.667. The lowest BCUT2D eigenvalue weighted by Gasteiger charge is -2.30. The molecule has 0 bridgehead atoms. The first-order valence-corrected chi connectivity index (χ1v) is 9.40. The molecule has 0 unspecified atom stereocenters. The Hall–Kier alpha value is -3.08. The molecule has 5 heteroatoms. The van der Waals surface area contributed by atoms with Crippen LogP contribution in [-0.4, -0.2) is 22.5 Å². The van der Waals surface area contributed by atoms with Gasteiger partial charge >= 0.3 is 0 Å². The second kappa shape index (κ2) is 5.96. The van der Waals surface area contributed by atoms with Gasteiger partial charge in [0.05, 0.1) is 18.4 Å². The van der Waals surface area contributed by atoms with Crippen molar-refractivity contribution in [2.24, 2.45) is 11.8 Å². The summed E-state index contributed by atoms with van der Waals surface area (Å²) in [5.41, 5.74) is 3.68. The molecule has 28 heavy (non-hydrogen) atoms. The number of fused-ring (bicyclic) bond motifs is 5. The summed E-state index contributed by atoms with van der Waals surface area (Å²) in [7, 11) is 0. The first-order chi connectivity index (χ1) is 13.5. The molecular weight excluding hydrogens is 357 g/mol. The second-order valence-corrected chi connectivity index (χ2v) is 7.76. The Balaban J connectivity index is 1.59. The van der Waals surface area contributed by atoms with E-state index >= 15 is 0 Å². The number of carbonyl (C=O) groups is 3. The number of carbonyl (C=O) groups excluding carboxylic acids is 3. The molecule has 1 saturated heterocycles. The number of benzene rings is 2. The standard InChI is InChI=1S/C23H18FNO3/c1-12-15-8-7-14(24)9-16(15)20-19(12)18(26)10-17-21(20)23(28)25(22(17)27)11-13-5-3-2-4-6-13/h2-9,17,20-21H,10-11H2,1H3/t17-,20+,21-/m1/s1. The highest BCUT2D eigenvalue weighted by molar-refractivity contribution is 6.15. The van der Waals surface area contributed by atoms with E-state index in [1.807, 2.05) is 37.3 Å². The highest BCUT2D eigenvalue weighted by Crippen LogP contribution is 2.55. The van der Waals surface area contributed by atoms with Crippen molar-refractivity contribution in [2.45, 2.75) is 25.8 Å². The number of likely N-dealkylation sites (tertiary alicyclic amines) is 1. The molecule has 0 radical (unpaired) electrons. The quantitative estimate of drug-likeness (QED) is 0.756. The fourth-order valence-electron chi connectivity index (χ4n) is 5.06. The molecule has 0 aromatic heterocycles. The normalized spacial score (nSPS) is 25.9. The number of imide groups is 1. The van der Waals surface area contributed by atoms with Gasteiger partial charge in [0.25, 0.3) is 0 Å². The van der Waals surface area contributed by atoms with Crippen LogP contribution < -0.4 is 0 Å². The Morgan fingerprint density at radius 3 is 2.54 bits per heavy atom. The summed E-state index contributed by atoms with van der Waals surface area (Å²) < 4.78 is 14.0. The molecule has 2 aromatic carbocycles. The van der Waals surface area contributed by atoms with Crippen LogP contribution in [0.25, 0.3) is 5.57 Å². The molecule has 2 aromatic rings. The van der Waals surface area contributed by atoms with Crippen molar-refractivity contribution in [2.75, 3.05) is 0 Å². The molecule has 1 saturated carbocycles. The average molecular weight is 375 g/mol. The monoisotopic (exact) mass is 375 g/mol. The van der Waals surface area contributed by atoms with Gasteiger partial charge in [-0.05, 0) is 41.3 Å². The molecule has 4 nitrogen and oxygen atoms in total. The summed E-state index contributed by atoms with van der Waals surface area (Å²) in [4.78, 5) is 40.4. The van der Waals surface area contributed by atoms with E-state index in [0.717, 1.165) is 16.7 Å². The first kappa shape index (κ1) is 17.0. The molecule has 3 aliphatic rings. The molecule has 0 N–H and O–H groups in total. The largest absolute Gasteiger partial charge is 0.294 e. The van der Waals surface area contributed by atoms with Gasteiger partial charge < -0.3 is 0 Å². The van der Waals surface area contributed by atoms with Gasteiger partial charge in [0.15, 0.2) is 5.78 Å². The summed E-state index contributed by atoms with van der Waals surface area (Å²) in [6, 6.07) is 13.8. The van der Waals surface area contributed by atoms with Crippen LogP contribution in [-0.2, 0) is 20.9 Å². The number of halogens is 1. The third kappa shape index (κ3) is 2.25. The van der Waals surface area contributed by atoms with Crippen LogP contribution in [0.15, 0.2) is 54.1 Å². The summed E-state index contributed by atoms with van der Waals surface area (Å²) >= 11 is 0. The molecule has 2 fully saturated rings. The van der Waals surface area contributed by atoms with E-state index in [1.165, 1.54) is 17.0 Å². The maximum atomic E-state index is 14.0. The molecule has 3 atom stereocenters. The predicted molar refractivity (Wildman–Crippen MR) is 100 cm³/mol. The molecule has 5 rings (SSSR count). The molecule has 1 heterocycles. The van der Waals surface area contributed by atoms with E-state index in [4.69, 9.17) is 0 Å². The van der Waals surface area contributed by atoms with Gasteiger partial charge in [-0.2, -0.15) is 0 Å². The van der Waals surface area contributed by atoms with E-state index < -0.39 is 23.6 Å². The molecule has 140 valence electrons. The van der Waals surface area contributed by atoms with Gasteiger partial charge in [0, 0.05) is 17.9 Å². The third-order valence-electron chi connectivity index (χ3n) is 6.28. The van der Waals surface area contributed by atoms with E-state index in [0.29, 0.717) is 11.1 Å². The van der Waals surface area contributed by atoms with Crippen molar-refractivity contribution >= 4 is 23.2 Å². The minimum absolute atomic E-state index is 0.0418. The van der Waals surface area contributed by atoms with Gasteiger partial charge in [-0.15, -0.1) is 0 Å². The molecule has 2 amide bonds. The number of rotatable bonds is 2. The number of amides is 2. The Morgan fingerprint density at radius 1 is 1.04 bits per heavy atom. The topological polar surface area (TPSA) is 54.5 Å². The smallest absolute Gasteiger partial charge is 0.234 e. The van der Waals surface area contributed by atoms with Crippen molar-refractivity contribution < 1.29 is 18.8 Å². The highest BCUT2D eigenvalue weighted by atomic mass is 19.1. The number of hydrogen-bond donors (Lipinski definition) is 0. The van der Waals surface area contributed by atoms with E-state index in [1.54, 1.807) is 6.07 Å². The highest BCUT2D eigenvalue weighted by Gasteiger charge is 2.58. The van der Waals surface area contributed by atoms with Crippen LogP contribution in [0.2, 0.25) is 0 Å². The summed E-state index contributed by atoms with van der Waals surface area (Å²) in [5, 5.41) is 0. The number of hydrogen-bond acceptors (Lipinski definition) is 3. The molecular formula is C23H18FNO3. The van der Waals surface area contributed by atoms with Crippen LogP contribution in [0.5, 0.6) is 0 Å². The van der Waals surface area contributed by atoms with Gasteiger partial charge in [-0.3, -0.25) is 19.3 Å². The molecule has 2 aliphatic carbocycles. The van der Waals surface area contributed by atoms with E-state index in [2.05, 4.69) is 0 Å². The number of nitrogens with zero attached hydrogens (tertiary/aromatic N) is 1. The first-order valence-electron chi connectivity index (χ1n) is 9.40. The fourth-order valence-corrected chi connectivity index (χ4v) is 5.06. The van der Waals surface area contributed by atoms with E-state index in [-0.39, 0.29) is 30.6 Å². The predicted octanol–water partition coefficient (Wildman–Crippen LogP) is 3.47. The maximum absolute atomic E-state index is 14.0. The fraction of sp³-hybridized carbons (Fsp3) is 0.261. The van der Waals surface area contributed by atoms with Crippen LogP contribution in [0.1, 0.15) is 36.0 Å². The average Bonchev–Trinajstić information content (AvgIpc) is 3.10. The third-order valence-corrected chi connectivity index (χ3v) is 6.28. The summed E-state index contributed by atoms with van der Waals surface area (Å²) in [6.45, 7) is 2.04. The zero-order valence-corrected chi connectivity index (χ0v) is 15.3. The minimum Gasteiger partial charge on any atom is -0.294 e. The van der Waals surface area contributed by atoms with Crippen LogP contribution >= 0.6 is 0 Å². The van der Waals surface area contributed by atoms with Crippen molar-refractivity contribution in [1.29, 1.82) is 0 Å². The zero-order chi connectivity index (χ0) is 19.6.